The molecule has 0 aromatic heterocycles. The third-order valence-electron chi connectivity index (χ3n) is 4.87. The van der Waals surface area contributed by atoms with Crippen LogP contribution in [0.25, 0.3) is 0 Å². The van der Waals surface area contributed by atoms with Crippen LogP contribution in [0.1, 0.15) is 24.0 Å². The van der Waals surface area contributed by atoms with E-state index in [9.17, 15) is 14.6 Å². The molecule has 28 heavy (non-hydrogen) atoms. The van der Waals surface area contributed by atoms with Crippen molar-refractivity contribution < 1.29 is 24.1 Å². The molecule has 2 unspecified atom stereocenters. The summed E-state index contributed by atoms with van der Waals surface area (Å²) in [5, 5.41) is 20.5. The zero-order chi connectivity index (χ0) is 19.8. The molecule has 1 saturated heterocycles. The second-order valence-electron chi connectivity index (χ2n) is 7.22. The molecular formula is C22H28FNO4. The third-order valence-corrected chi connectivity index (χ3v) is 4.87. The number of hydrogen-bond donors (Lipinski definition) is 2. The number of benzene rings is 2. The lowest BCUT2D eigenvalue weighted by Crippen LogP contribution is -2.39. The molecule has 1 aliphatic rings. The normalized spacial score (nSPS) is 17.9. The van der Waals surface area contributed by atoms with Crippen molar-refractivity contribution in [2.75, 3.05) is 26.3 Å². The quantitative estimate of drug-likeness (QED) is 0.654. The fraction of sp³-hybridized carbons (Fsp3) is 0.455. The largest absolute Gasteiger partial charge is 0.508 e. The van der Waals surface area contributed by atoms with E-state index in [0.29, 0.717) is 25.2 Å². The van der Waals surface area contributed by atoms with Crippen molar-refractivity contribution in [1.82, 2.24) is 4.90 Å². The molecule has 2 aromatic rings. The predicted molar refractivity (Wildman–Crippen MR) is 104 cm³/mol. The maximum Gasteiger partial charge on any atom is 0.128 e. The van der Waals surface area contributed by atoms with Gasteiger partial charge in [0.25, 0.3) is 0 Å². The van der Waals surface area contributed by atoms with Crippen molar-refractivity contribution in [3.63, 3.8) is 0 Å². The molecule has 0 saturated carbocycles. The number of phenols is 1. The lowest BCUT2D eigenvalue weighted by Gasteiger charge is -2.27. The molecular weight excluding hydrogens is 361 g/mol. The summed E-state index contributed by atoms with van der Waals surface area (Å²) in [4.78, 5) is 2.07. The molecule has 0 radical (unpaired) electrons. The summed E-state index contributed by atoms with van der Waals surface area (Å²) in [6, 6.07) is 13.7. The van der Waals surface area contributed by atoms with Crippen molar-refractivity contribution in [3.05, 3.63) is 65.5 Å². The Kier molecular flexibility index (Phi) is 7.80. The number of para-hydroxylation sites is 1. The minimum Gasteiger partial charge on any atom is -0.508 e. The van der Waals surface area contributed by atoms with Crippen LogP contribution in [-0.2, 0) is 22.6 Å². The second-order valence-corrected chi connectivity index (χ2v) is 7.22. The Morgan fingerprint density at radius 1 is 1.14 bits per heavy atom. The van der Waals surface area contributed by atoms with Gasteiger partial charge in [0.15, 0.2) is 0 Å². The van der Waals surface area contributed by atoms with Gasteiger partial charge in [0, 0.05) is 37.4 Å². The number of nitrogens with zero attached hydrogens (tertiary/aromatic N) is 1. The van der Waals surface area contributed by atoms with Crippen LogP contribution in [0.15, 0.2) is 48.5 Å². The molecule has 0 amide bonds. The smallest absolute Gasteiger partial charge is 0.128 e. The van der Waals surface area contributed by atoms with Gasteiger partial charge in [-0.3, -0.25) is 4.90 Å². The Morgan fingerprint density at radius 2 is 1.89 bits per heavy atom. The number of ether oxygens (including phenoxy) is 2. The van der Waals surface area contributed by atoms with Crippen LogP contribution in [0.5, 0.6) is 5.75 Å². The highest BCUT2D eigenvalue weighted by molar-refractivity contribution is 5.31. The number of aliphatic hydroxyl groups excluding tert-OH is 1. The fourth-order valence-electron chi connectivity index (χ4n) is 3.44. The van der Waals surface area contributed by atoms with Gasteiger partial charge >= 0.3 is 0 Å². The van der Waals surface area contributed by atoms with Gasteiger partial charge in [-0.05, 0) is 25.0 Å². The number of halogens is 1. The summed E-state index contributed by atoms with van der Waals surface area (Å²) in [6.07, 6.45) is 1.46. The van der Waals surface area contributed by atoms with Crippen molar-refractivity contribution in [2.24, 2.45) is 0 Å². The van der Waals surface area contributed by atoms with Gasteiger partial charge < -0.3 is 19.7 Å². The minimum absolute atomic E-state index is 0.108. The topological polar surface area (TPSA) is 62.2 Å². The Hall–Kier alpha value is -1.99. The van der Waals surface area contributed by atoms with E-state index in [1.807, 2.05) is 12.1 Å². The molecule has 0 bridgehead atoms. The molecule has 0 aliphatic carbocycles. The average Bonchev–Trinajstić information content (AvgIpc) is 3.18. The van der Waals surface area contributed by atoms with E-state index in [1.165, 1.54) is 6.07 Å². The Labute approximate surface area is 165 Å². The van der Waals surface area contributed by atoms with Gasteiger partial charge in [0.2, 0.25) is 0 Å². The summed E-state index contributed by atoms with van der Waals surface area (Å²) in [5.41, 5.74) is 1.28. The molecule has 1 aliphatic heterocycles. The van der Waals surface area contributed by atoms with Crippen LogP contribution in [0.2, 0.25) is 0 Å². The maximum atomic E-state index is 13.6. The minimum atomic E-state index is -0.723. The lowest BCUT2D eigenvalue weighted by atomic mass is 10.1. The first-order chi connectivity index (χ1) is 13.6. The third kappa shape index (κ3) is 6.27. The molecule has 2 N–H and O–H groups in total. The Morgan fingerprint density at radius 3 is 2.61 bits per heavy atom. The zero-order valence-electron chi connectivity index (χ0n) is 16.0. The molecule has 152 valence electrons. The van der Waals surface area contributed by atoms with Gasteiger partial charge in [-0.15, -0.1) is 0 Å². The highest BCUT2D eigenvalue weighted by Crippen LogP contribution is 2.20. The Balaban J connectivity index is 1.53. The van der Waals surface area contributed by atoms with Gasteiger partial charge in [-0.2, -0.15) is 0 Å². The van der Waals surface area contributed by atoms with E-state index in [-0.39, 0.29) is 30.9 Å². The van der Waals surface area contributed by atoms with Gasteiger partial charge in [0.05, 0.1) is 25.4 Å². The molecule has 1 fully saturated rings. The standard InChI is InChI=1S/C22H28FNO4/c23-21-9-3-1-7-18(21)15-27-16-19(25)13-24(14-20-8-5-11-28-20)12-17-6-2-4-10-22(17)26/h1-4,6-7,9-10,19-20,25-26H,5,8,11-16H2. The summed E-state index contributed by atoms with van der Waals surface area (Å²) >= 11 is 0. The monoisotopic (exact) mass is 389 g/mol. The molecule has 2 aromatic carbocycles. The number of aromatic hydroxyl groups is 1. The van der Waals surface area contributed by atoms with E-state index >= 15 is 0 Å². The van der Waals surface area contributed by atoms with Crippen LogP contribution in [-0.4, -0.2) is 53.6 Å². The van der Waals surface area contributed by atoms with E-state index in [4.69, 9.17) is 9.47 Å². The fourth-order valence-corrected chi connectivity index (χ4v) is 3.44. The van der Waals surface area contributed by atoms with Gasteiger partial charge in [-0.25, -0.2) is 4.39 Å². The highest BCUT2D eigenvalue weighted by atomic mass is 19.1. The van der Waals surface area contributed by atoms with Crippen LogP contribution >= 0.6 is 0 Å². The van der Waals surface area contributed by atoms with Crippen LogP contribution in [0.3, 0.4) is 0 Å². The average molecular weight is 389 g/mol. The Bertz CT molecular complexity index is 736. The second kappa shape index (κ2) is 10.5. The maximum absolute atomic E-state index is 13.6. The highest BCUT2D eigenvalue weighted by Gasteiger charge is 2.22. The summed E-state index contributed by atoms with van der Waals surface area (Å²) in [5.74, 6) is -0.0679. The van der Waals surface area contributed by atoms with E-state index in [0.717, 1.165) is 25.0 Å². The van der Waals surface area contributed by atoms with Crippen LogP contribution < -0.4 is 0 Å². The van der Waals surface area contributed by atoms with E-state index < -0.39 is 6.10 Å². The SMILES string of the molecule is Oc1ccccc1CN(CC(O)COCc1ccccc1F)CC1CCCO1. The van der Waals surface area contributed by atoms with Crippen molar-refractivity contribution >= 4 is 0 Å². The van der Waals surface area contributed by atoms with E-state index in [1.54, 1.807) is 30.3 Å². The molecule has 6 heteroatoms. The van der Waals surface area contributed by atoms with Crippen molar-refractivity contribution in [1.29, 1.82) is 0 Å². The number of rotatable bonds is 10. The zero-order valence-corrected chi connectivity index (χ0v) is 16.0. The molecule has 0 spiro atoms. The molecule has 1 heterocycles. The summed E-state index contributed by atoms with van der Waals surface area (Å²) < 4.78 is 24.9. The summed E-state index contributed by atoms with van der Waals surface area (Å²) in [6.45, 7) is 2.57. The predicted octanol–water partition coefficient (Wildman–Crippen LogP) is 3.09. The molecule has 2 atom stereocenters. The lowest BCUT2D eigenvalue weighted by molar-refractivity contribution is -0.00356. The van der Waals surface area contributed by atoms with Gasteiger partial charge in [0.1, 0.15) is 11.6 Å². The van der Waals surface area contributed by atoms with Crippen molar-refractivity contribution in [2.45, 2.75) is 38.2 Å². The van der Waals surface area contributed by atoms with Crippen LogP contribution in [0.4, 0.5) is 4.39 Å². The van der Waals surface area contributed by atoms with Crippen molar-refractivity contribution in [3.8, 4) is 5.75 Å². The molecule has 5 nitrogen and oxygen atoms in total. The summed E-state index contributed by atoms with van der Waals surface area (Å²) in [7, 11) is 0. The molecule has 3 rings (SSSR count). The first-order valence-corrected chi connectivity index (χ1v) is 9.72. The van der Waals surface area contributed by atoms with E-state index in [2.05, 4.69) is 4.90 Å². The number of hydrogen-bond acceptors (Lipinski definition) is 5. The van der Waals surface area contributed by atoms with Gasteiger partial charge in [-0.1, -0.05) is 36.4 Å². The van der Waals surface area contributed by atoms with Crippen LogP contribution in [0, 0.1) is 5.82 Å². The number of aliphatic hydroxyl groups is 1. The first kappa shape index (κ1) is 20.7. The first-order valence-electron chi connectivity index (χ1n) is 9.72. The number of phenolic OH excluding ortho intramolecular Hbond substituents is 1.